The summed E-state index contributed by atoms with van der Waals surface area (Å²) >= 11 is 17.3. The first kappa shape index (κ1) is 18.2. The van der Waals surface area contributed by atoms with Crippen LogP contribution in [0.25, 0.3) is 11.3 Å². The molecule has 0 fully saturated rings. The van der Waals surface area contributed by atoms with Crippen LogP contribution in [-0.2, 0) is 12.4 Å². The van der Waals surface area contributed by atoms with E-state index in [2.05, 4.69) is 4.98 Å². The maximum Gasteiger partial charge on any atom is 0.433 e. The standard InChI is InChI=1S/C13H4Cl3F6N/c14-7-3-1-5(9(15)10(7)16)8-4-2-6(12(17,18)19)11(23-8)13(20,21)22/h1-4H. The van der Waals surface area contributed by atoms with Crippen LogP contribution in [0.15, 0.2) is 24.3 Å². The summed E-state index contributed by atoms with van der Waals surface area (Å²) in [5, 5.41) is -0.302. The number of pyridine rings is 1. The molecule has 0 bridgehead atoms. The van der Waals surface area contributed by atoms with E-state index in [-0.39, 0.29) is 20.6 Å². The first-order valence-electron chi connectivity index (χ1n) is 5.72. The van der Waals surface area contributed by atoms with Crippen LogP contribution in [0.2, 0.25) is 15.1 Å². The number of alkyl halides is 6. The Balaban J connectivity index is 2.70. The molecule has 124 valence electrons. The highest BCUT2D eigenvalue weighted by Crippen LogP contribution is 2.42. The van der Waals surface area contributed by atoms with Gasteiger partial charge < -0.3 is 0 Å². The van der Waals surface area contributed by atoms with Crippen LogP contribution in [-0.4, -0.2) is 4.98 Å². The second-order valence-electron chi connectivity index (χ2n) is 4.31. The molecule has 0 aliphatic heterocycles. The van der Waals surface area contributed by atoms with Crippen LogP contribution in [0.3, 0.4) is 0 Å². The van der Waals surface area contributed by atoms with Gasteiger partial charge in [0.1, 0.15) is 0 Å². The molecule has 0 unspecified atom stereocenters. The van der Waals surface area contributed by atoms with Gasteiger partial charge in [0.15, 0.2) is 5.69 Å². The van der Waals surface area contributed by atoms with Crippen LogP contribution < -0.4 is 0 Å². The number of rotatable bonds is 1. The van der Waals surface area contributed by atoms with Gasteiger partial charge in [0, 0.05) is 5.56 Å². The van der Waals surface area contributed by atoms with Crippen molar-refractivity contribution in [1.82, 2.24) is 4.98 Å². The summed E-state index contributed by atoms with van der Waals surface area (Å²) in [7, 11) is 0. The van der Waals surface area contributed by atoms with Gasteiger partial charge in [-0.1, -0.05) is 34.8 Å². The average Bonchev–Trinajstić information content (AvgIpc) is 2.42. The van der Waals surface area contributed by atoms with Gasteiger partial charge in [-0.3, -0.25) is 0 Å². The van der Waals surface area contributed by atoms with Crippen molar-refractivity contribution in [3.8, 4) is 11.3 Å². The lowest BCUT2D eigenvalue weighted by atomic mass is 10.1. The van der Waals surface area contributed by atoms with Crippen molar-refractivity contribution in [3.63, 3.8) is 0 Å². The number of hydrogen-bond acceptors (Lipinski definition) is 1. The summed E-state index contributed by atoms with van der Waals surface area (Å²) in [6.45, 7) is 0. The first-order valence-corrected chi connectivity index (χ1v) is 6.85. The van der Waals surface area contributed by atoms with E-state index in [4.69, 9.17) is 34.8 Å². The fourth-order valence-corrected chi connectivity index (χ4v) is 2.41. The number of nitrogens with zero attached hydrogens (tertiary/aromatic N) is 1. The zero-order chi connectivity index (χ0) is 17.6. The van der Waals surface area contributed by atoms with Crippen molar-refractivity contribution in [3.05, 3.63) is 50.6 Å². The quantitative estimate of drug-likeness (QED) is 0.385. The molecule has 0 saturated carbocycles. The highest BCUT2D eigenvalue weighted by atomic mass is 35.5. The minimum absolute atomic E-state index is 0.0448. The molecule has 2 aromatic rings. The molecule has 1 aromatic carbocycles. The van der Waals surface area contributed by atoms with Gasteiger partial charge in [0.05, 0.1) is 26.3 Å². The van der Waals surface area contributed by atoms with E-state index in [0.29, 0.717) is 6.07 Å². The van der Waals surface area contributed by atoms with Gasteiger partial charge in [0.25, 0.3) is 0 Å². The van der Waals surface area contributed by atoms with Crippen LogP contribution in [0, 0.1) is 0 Å². The van der Waals surface area contributed by atoms with E-state index >= 15 is 0 Å². The Hall–Kier alpha value is -1.18. The van der Waals surface area contributed by atoms with Crippen LogP contribution in [0.5, 0.6) is 0 Å². The summed E-state index contributed by atoms with van der Waals surface area (Å²) in [6.07, 6.45) is -10.5. The summed E-state index contributed by atoms with van der Waals surface area (Å²) in [5.74, 6) is 0. The molecule has 1 aromatic heterocycles. The van der Waals surface area contributed by atoms with Crippen molar-refractivity contribution in [2.75, 3.05) is 0 Å². The van der Waals surface area contributed by atoms with E-state index in [9.17, 15) is 26.3 Å². The predicted octanol–water partition coefficient (Wildman–Crippen LogP) is 6.75. The SMILES string of the molecule is FC(F)(F)c1ccc(-c2ccc(Cl)c(Cl)c2Cl)nc1C(F)(F)F. The van der Waals surface area contributed by atoms with Crippen molar-refractivity contribution in [2.45, 2.75) is 12.4 Å². The molecule has 0 amide bonds. The molecular formula is C13H4Cl3F6N. The van der Waals surface area contributed by atoms with Crippen molar-refractivity contribution < 1.29 is 26.3 Å². The van der Waals surface area contributed by atoms with Gasteiger partial charge >= 0.3 is 12.4 Å². The van der Waals surface area contributed by atoms with Crippen molar-refractivity contribution in [2.24, 2.45) is 0 Å². The molecule has 0 N–H and O–H groups in total. The third-order valence-corrected chi connectivity index (χ3v) is 4.07. The normalized spacial score (nSPS) is 12.6. The Morgan fingerprint density at radius 3 is 1.87 bits per heavy atom. The summed E-state index contributed by atoms with van der Waals surface area (Å²) in [6, 6.07) is 3.54. The molecule has 0 aliphatic rings. The fourth-order valence-electron chi connectivity index (χ4n) is 1.78. The van der Waals surface area contributed by atoms with Crippen molar-refractivity contribution >= 4 is 34.8 Å². The van der Waals surface area contributed by atoms with Crippen LogP contribution >= 0.6 is 34.8 Å². The number of hydrogen-bond donors (Lipinski definition) is 0. The average molecular weight is 395 g/mol. The predicted molar refractivity (Wildman–Crippen MR) is 74.7 cm³/mol. The van der Waals surface area contributed by atoms with Gasteiger partial charge in [-0.25, -0.2) is 4.98 Å². The third kappa shape index (κ3) is 3.67. The Kier molecular flexibility index (Phi) is 4.76. The molecule has 1 heterocycles. The molecule has 23 heavy (non-hydrogen) atoms. The lowest BCUT2D eigenvalue weighted by Gasteiger charge is -2.16. The fraction of sp³-hybridized carbons (Fsp3) is 0.154. The summed E-state index contributed by atoms with van der Waals surface area (Å²) in [5.41, 5.74) is -4.41. The molecule has 0 spiro atoms. The molecule has 2 rings (SSSR count). The highest BCUT2D eigenvalue weighted by molar-refractivity contribution is 6.49. The molecule has 0 aliphatic carbocycles. The molecule has 0 saturated heterocycles. The molecule has 10 heteroatoms. The molecule has 1 nitrogen and oxygen atoms in total. The highest BCUT2D eigenvalue weighted by Gasteiger charge is 2.44. The lowest BCUT2D eigenvalue weighted by molar-refractivity contribution is -0.164. The van der Waals surface area contributed by atoms with Gasteiger partial charge in [-0.05, 0) is 24.3 Å². The van der Waals surface area contributed by atoms with E-state index in [1.165, 1.54) is 12.1 Å². The van der Waals surface area contributed by atoms with Crippen LogP contribution in [0.4, 0.5) is 26.3 Å². The Morgan fingerprint density at radius 1 is 0.739 bits per heavy atom. The molecule has 0 atom stereocenters. The monoisotopic (exact) mass is 393 g/mol. The largest absolute Gasteiger partial charge is 0.433 e. The van der Waals surface area contributed by atoms with Crippen LogP contribution in [0.1, 0.15) is 11.3 Å². The molecular weight excluding hydrogens is 390 g/mol. The molecule has 0 radical (unpaired) electrons. The van der Waals surface area contributed by atoms with Gasteiger partial charge in [0.2, 0.25) is 0 Å². The maximum atomic E-state index is 12.9. The number of halogens is 9. The minimum atomic E-state index is -5.29. The van der Waals surface area contributed by atoms with Gasteiger partial charge in [-0.2, -0.15) is 26.3 Å². The lowest BCUT2D eigenvalue weighted by Crippen LogP contribution is -2.18. The van der Waals surface area contributed by atoms with E-state index in [1.54, 1.807) is 0 Å². The minimum Gasteiger partial charge on any atom is -0.243 e. The van der Waals surface area contributed by atoms with Gasteiger partial charge in [-0.15, -0.1) is 0 Å². The second kappa shape index (κ2) is 6.03. The van der Waals surface area contributed by atoms with E-state index in [1.807, 2.05) is 0 Å². The Bertz CT molecular complexity index is 755. The van der Waals surface area contributed by atoms with Crippen molar-refractivity contribution in [1.29, 1.82) is 0 Å². The third-order valence-electron chi connectivity index (χ3n) is 2.78. The Morgan fingerprint density at radius 2 is 1.35 bits per heavy atom. The summed E-state index contributed by atoms with van der Waals surface area (Å²) < 4.78 is 76.7. The topological polar surface area (TPSA) is 12.9 Å². The Labute approximate surface area is 140 Å². The van der Waals surface area contributed by atoms with E-state index in [0.717, 1.165) is 6.07 Å². The second-order valence-corrected chi connectivity index (χ2v) is 5.47. The zero-order valence-corrected chi connectivity index (χ0v) is 12.9. The summed E-state index contributed by atoms with van der Waals surface area (Å²) in [4.78, 5) is 3.08. The zero-order valence-electron chi connectivity index (χ0n) is 10.7. The smallest absolute Gasteiger partial charge is 0.243 e. The first-order chi connectivity index (χ1) is 10.4. The number of aromatic nitrogens is 1. The maximum absolute atomic E-state index is 12.9. The number of benzene rings is 1. The van der Waals surface area contributed by atoms with E-state index < -0.39 is 29.3 Å².